The van der Waals surface area contributed by atoms with E-state index in [1.54, 1.807) is 17.8 Å². The van der Waals surface area contributed by atoms with Gasteiger partial charge in [0.15, 0.2) is 5.78 Å². The molecule has 122 valence electrons. The number of rotatable bonds is 3. The molecule has 0 radical (unpaired) electrons. The largest absolute Gasteiger partial charge is 0.497 e. The molecule has 0 amide bonds. The van der Waals surface area contributed by atoms with E-state index in [1.165, 1.54) is 11.8 Å². The van der Waals surface area contributed by atoms with E-state index in [9.17, 15) is 4.79 Å². The Bertz CT molecular complexity index is 920. The lowest BCUT2D eigenvalue weighted by Crippen LogP contribution is -2.21. The second kappa shape index (κ2) is 5.90. The van der Waals surface area contributed by atoms with Crippen molar-refractivity contribution in [3.05, 3.63) is 47.3 Å². The average molecular weight is 340 g/mol. The fraction of sp³-hybridized carbons (Fsp3) is 0.294. The monoisotopic (exact) mass is 340 g/mol. The first-order valence-corrected chi connectivity index (χ1v) is 8.88. The highest BCUT2D eigenvalue weighted by molar-refractivity contribution is 7.98. The number of ether oxygens (including phenoxy) is 1. The lowest BCUT2D eigenvalue weighted by molar-refractivity contribution is 0.0962. The van der Waals surface area contributed by atoms with Gasteiger partial charge in [-0.1, -0.05) is 23.9 Å². The summed E-state index contributed by atoms with van der Waals surface area (Å²) in [5.41, 5.74) is 2.59. The molecule has 0 spiro atoms. The molecule has 7 heteroatoms. The molecule has 2 aromatic heterocycles. The zero-order chi connectivity index (χ0) is 16.7. The fourth-order valence-corrected chi connectivity index (χ4v) is 3.41. The normalized spacial score (nSPS) is 17.1. The molecule has 0 aliphatic heterocycles. The van der Waals surface area contributed by atoms with Crippen LogP contribution >= 0.6 is 11.8 Å². The van der Waals surface area contributed by atoms with Gasteiger partial charge in [0.1, 0.15) is 5.75 Å². The number of hydrogen-bond acceptors (Lipinski definition) is 6. The summed E-state index contributed by atoms with van der Waals surface area (Å²) >= 11 is 1.46. The predicted molar refractivity (Wildman–Crippen MR) is 90.9 cm³/mol. The molecule has 4 rings (SSSR count). The summed E-state index contributed by atoms with van der Waals surface area (Å²) in [6.45, 7) is 0. The van der Waals surface area contributed by atoms with Crippen molar-refractivity contribution >= 4 is 23.3 Å². The molecule has 3 aromatic rings. The van der Waals surface area contributed by atoms with Crippen LogP contribution in [0.25, 0.3) is 5.78 Å². The molecule has 0 N–H and O–H groups in total. The van der Waals surface area contributed by atoms with Crippen molar-refractivity contribution in [1.82, 2.24) is 19.6 Å². The smallest absolute Gasteiger partial charge is 0.253 e. The zero-order valence-corrected chi connectivity index (χ0v) is 14.2. The van der Waals surface area contributed by atoms with E-state index >= 15 is 0 Å². The second-order valence-electron chi connectivity index (χ2n) is 5.75. The molecule has 1 unspecified atom stereocenters. The SMILES string of the molecule is COc1ccc(C2CC(=O)c3cn4nc(SC)nc4nc3C2)cc1. The predicted octanol–water partition coefficient (Wildman–Crippen LogP) is 2.77. The maximum absolute atomic E-state index is 12.6. The number of carbonyl (C=O) groups is 1. The summed E-state index contributed by atoms with van der Waals surface area (Å²) in [4.78, 5) is 21.5. The van der Waals surface area contributed by atoms with Gasteiger partial charge < -0.3 is 4.74 Å². The molecule has 2 heterocycles. The maximum Gasteiger partial charge on any atom is 0.253 e. The Morgan fingerprint density at radius 3 is 2.71 bits per heavy atom. The van der Waals surface area contributed by atoms with E-state index in [1.807, 2.05) is 30.5 Å². The topological polar surface area (TPSA) is 69.4 Å². The van der Waals surface area contributed by atoms with Crippen LogP contribution in [0.2, 0.25) is 0 Å². The molecule has 1 atom stereocenters. The molecule has 0 saturated carbocycles. The van der Waals surface area contributed by atoms with Gasteiger partial charge in [-0.05, 0) is 36.3 Å². The third kappa shape index (κ3) is 2.54. The van der Waals surface area contributed by atoms with Crippen molar-refractivity contribution in [2.45, 2.75) is 23.9 Å². The maximum atomic E-state index is 12.6. The van der Waals surface area contributed by atoms with E-state index < -0.39 is 0 Å². The van der Waals surface area contributed by atoms with Crippen LogP contribution in [0.4, 0.5) is 0 Å². The summed E-state index contributed by atoms with van der Waals surface area (Å²) in [5, 5.41) is 4.97. The van der Waals surface area contributed by atoms with Crippen LogP contribution in [-0.2, 0) is 6.42 Å². The van der Waals surface area contributed by atoms with Gasteiger partial charge in [-0.3, -0.25) is 4.79 Å². The third-order valence-electron chi connectivity index (χ3n) is 4.33. The van der Waals surface area contributed by atoms with Crippen molar-refractivity contribution in [2.75, 3.05) is 13.4 Å². The highest BCUT2D eigenvalue weighted by Gasteiger charge is 2.28. The molecule has 1 aliphatic carbocycles. The minimum atomic E-state index is 0.104. The summed E-state index contributed by atoms with van der Waals surface area (Å²) in [5.74, 6) is 1.59. The van der Waals surface area contributed by atoms with Gasteiger partial charge in [-0.25, -0.2) is 9.50 Å². The number of hydrogen-bond donors (Lipinski definition) is 0. The van der Waals surface area contributed by atoms with Crippen molar-refractivity contribution in [3.8, 4) is 5.75 Å². The second-order valence-corrected chi connectivity index (χ2v) is 6.52. The number of ketones is 1. The molecular weight excluding hydrogens is 324 g/mol. The molecule has 0 fully saturated rings. The minimum Gasteiger partial charge on any atom is -0.497 e. The Labute approximate surface area is 143 Å². The summed E-state index contributed by atoms with van der Waals surface area (Å²) < 4.78 is 6.79. The van der Waals surface area contributed by atoms with Gasteiger partial charge in [0, 0.05) is 12.6 Å². The van der Waals surface area contributed by atoms with Crippen LogP contribution in [0, 0.1) is 0 Å². The Kier molecular flexibility index (Phi) is 3.72. The minimum absolute atomic E-state index is 0.104. The van der Waals surface area contributed by atoms with Crippen LogP contribution in [0.5, 0.6) is 5.75 Å². The summed E-state index contributed by atoms with van der Waals surface area (Å²) in [7, 11) is 1.64. The lowest BCUT2D eigenvalue weighted by atomic mass is 9.82. The number of fused-ring (bicyclic) bond motifs is 2. The van der Waals surface area contributed by atoms with Gasteiger partial charge >= 0.3 is 0 Å². The van der Waals surface area contributed by atoms with Crippen LogP contribution < -0.4 is 4.74 Å². The summed E-state index contributed by atoms with van der Waals surface area (Å²) in [6, 6.07) is 7.89. The van der Waals surface area contributed by atoms with E-state index in [-0.39, 0.29) is 11.7 Å². The van der Waals surface area contributed by atoms with Crippen LogP contribution in [0.15, 0.2) is 35.6 Å². The molecule has 0 bridgehead atoms. The molecular formula is C17H16N4O2S. The van der Waals surface area contributed by atoms with Crippen LogP contribution in [0.3, 0.4) is 0 Å². The Balaban J connectivity index is 1.71. The third-order valence-corrected chi connectivity index (χ3v) is 4.87. The Morgan fingerprint density at radius 2 is 2.00 bits per heavy atom. The summed E-state index contributed by atoms with van der Waals surface area (Å²) in [6.07, 6.45) is 4.89. The first-order valence-electron chi connectivity index (χ1n) is 7.65. The van der Waals surface area contributed by atoms with Gasteiger partial charge in [-0.15, -0.1) is 5.10 Å². The van der Waals surface area contributed by atoms with E-state index in [2.05, 4.69) is 15.1 Å². The van der Waals surface area contributed by atoms with E-state index in [4.69, 9.17) is 4.74 Å². The number of thioether (sulfide) groups is 1. The fourth-order valence-electron chi connectivity index (χ4n) is 3.06. The Morgan fingerprint density at radius 1 is 1.21 bits per heavy atom. The number of carbonyl (C=O) groups excluding carboxylic acids is 1. The number of aromatic nitrogens is 4. The average Bonchev–Trinajstić information content (AvgIpc) is 3.02. The lowest BCUT2D eigenvalue weighted by Gasteiger charge is -2.23. The van der Waals surface area contributed by atoms with Gasteiger partial charge in [0.05, 0.1) is 18.4 Å². The van der Waals surface area contributed by atoms with Crippen molar-refractivity contribution < 1.29 is 9.53 Å². The van der Waals surface area contributed by atoms with E-state index in [0.717, 1.165) is 23.4 Å². The van der Waals surface area contributed by atoms with Crippen molar-refractivity contribution in [1.29, 1.82) is 0 Å². The highest BCUT2D eigenvalue weighted by Crippen LogP contribution is 2.32. The van der Waals surface area contributed by atoms with Crippen molar-refractivity contribution in [2.24, 2.45) is 0 Å². The standard InChI is InChI=1S/C17H16N4O2S/c1-23-12-5-3-10(4-6-12)11-7-14-13(15(22)8-11)9-21-16(18-14)19-17(20-21)24-2/h3-6,9,11H,7-8H2,1-2H3. The van der Waals surface area contributed by atoms with Gasteiger partial charge in [0.25, 0.3) is 5.78 Å². The molecule has 0 saturated heterocycles. The Hall–Kier alpha value is -2.41. The molecule has 1 aromatic carbocycles. The van der Waals surface area contributed by atoms with Gasteiger partial charge in [0.2, 0.25) is 5.16 Å². The molecule has 24 heavy (non-hydrogen) atoms. The number of nitrogens with zero attached hydrogens (tertiary/aromatic N) is 4. The van der Waals surface area contributed by atoms with Gasteiger partial charge in [-0.2, -0.15) is 4.98 Å². The quantitative estimate of drug-likeness (QED) is 0.683. The van der Waals surface area contributed by atoms with Crippen LogP contribution in [-0.4, -0.2) is 38.7 Å². The molecule has 6 nitrogen and oxygen atoms in total. The first kappa shape index (κ1) is 15.1. The van der Waals surface area contributed by atoms with E-state index in [0.29, 0.717) is 22.9 Å². The number of methoxy groups -OCH3 is 1. The number of benzene rings is 1. The van der Waals surface area contributed by atoms with Crippen LogP contribution in [0.1, 0.15) is 34.0 Å². The molecule has 1 aliphatic rings. The highest BCUT2D eigenvalue weighted by atomic mass is 32.2. The zero-order valence-electron chi connectivity index (χ0n) is 13.4. The van der Waals surface area contributed by atoms with Crippen molar-refractivity contribution in [3.63, 3.8) is 0 Å². The number of Topliss-reactive ketones (excluding diaryl/α,β-unsaturated/α-hetero) is 1. The first-order chi connectivity index (χ1) is 11.7.